The third-order valence-electron chi connectivity index (χ3n) is 3.88. The second kappa shape index (κ2) is 3.84. The molecule has 0 unspecified atom stereocenters. The van der Waals surface area contributed by atoms with Crippen LogP contribution in [0.1, 0.15) is 36.2 Å². The van der Waals surface area contributed by atoms with Gasteiger partial charge >= 0.3 is 0 Å². The van der Waals surface area contributed by atoms with Crippen LogP contribution in [0.25, 0.3) is 10.2 Å². The van der Waals surface area contributed by atoms with Crippen LogP contribution in [0, 0.1) is 0 Å². The van der Waals surface area contributed by atoms with Gasteiger partial charge in [0, 0.05) is 16.7 Å². The van der Waals surface area contributed by atoms with Gasteiger partial charge < -0.3 is 0 Å². The topological polar surface area (TPSA) is 34.9 Å². The van der Waals surface area contributed by atoms with E-state index in [0.717, 1.165) is 34.0 Å². The van der Waals surface area contributed by atoms with Crippen LogP contribution in [0.15, 0.2) is 9.95 Å². The molecule has 0 radical (unpaired) electrons. The third-order valence-corrected chi connectivity index (χ3v) is 6.26. The second-order valence-electron chi connectivity index (χ2n) is 5.12. The average Bonchev–Trinajstić information content (AvgIpc) is 2.91. The van der Waals surface area contributed by atoms with E-state index in [1.807, 2.05) is 4.57 Å². The van der Waals surface area contributed by atoms with Crippen molar-refractivity contribution in [2.45, 2.75) is 43.8 Å². The van der Waals surface area contributed by atoms with Gasteiger partial charge in [0.15, 0.2) is 5.16 Å². The number of aryl methyl sites for hydroxylation is 2. The smallest absolute Gasteiger partial charge is 0.263 e. The Morgan fingerprint density at radius 3 is 3.06 bits per heavy atom. The lowest BCUT2D eigenvalue weighted by molar-refractivity contribution is 0.551. The highest BCUT2D eigenvalue weighted by atomic mass is 32.2. The molecule has 94 valence electrons. The minimum atomic E-state index is 0.201. The van der Waals surface area contributed by atoms with Crippen molar-refractivity contribution in [2.24, 2.45) is 0 Å². The lowest BCUT2D eigenvalue weighted by atomic mass is 9.97. The Morgan fingerprint density at radius 2 is 2.17 bits per heavy atom. The quantitative estimate of drug-likeness (QED) is 0.695. The van der Waals surface area contributed by atoms with Crippen molar-refractivity contribution in [1.82, 2.24) is 9.55 Å². The highest BCUT2D eigenvalue weighted by molar-refractivity contribution is 7.99. The highest BCUT2D eigenvalue weighted by Crippen LogP contribution is 2.37. The van der Waals surface area contributed by atoms with Crippen LogP contribution >= 0.6 is 23.1 Å². The Kier molecular flexibility index (Phi) is 2.36. The van der Waals surface area contributed by atoms with Crippen molar-refractivity contribution in [3.8, 4) is 0 Å². The van der Waals surface area contributed by atoms with Crippen molar-refractivity contribution in [2.75, 3.05) is 5.75 Å². The predicted octanol–water partition coefficient (Wildman–Crippen LogP) is 3.00. The number of rotatable bonds is 0. The van der Waals surface area contributed by atoms with Crippen molar-refractivity contribution in [3.05, 3.63) is 20.8 Å². The Labute approximate surface area is 113 Å². The number of fused-ring (bicyclic) bond motifs is 4. The van der Waals surface area contributed by atoms with E-state index in [4.69, 9.17) is 4.98 Å². The summed E-state index contributed by atoms with van der Waals surface area (Å²) in [5.41, 5.74) is 1.50. The monoisotopic (exact) mass is 278 g/mol. The predicted molar refractivity (Wildman–Crippen MR) is 76.0 cm³/mol. The van der Waals surface area contributed by atoms with Gasteiger partial charge in [-0.3, -0.25) is 9.36 Å². The van der Waals surface area contributed by atoms with Crippen molar-refractivity contribution < 1.29 is 0 Å². The summed E-state index contributed by atoms with van der Waals surface area (Å²) >= 11 is 3.45. The van der Waals surface area contributed by atoms with E-state index in [-0.39, 0.29) is 11.6 Å². The van der Waals surface area contributed by atoms with E-state index >= 15 is 0 Å². The molecule has 0 saturated carbocycles. The maximum absolute atomic E-state index is 12.7. The molecule has 3 nitrogen and oxygen atoms in total. The molecular formula is C13H14N2OS2. The largest absolute Gasteiger partial charge is 0.283 e. The third kappa shape index (κ3) is 1.37. The van der Waals surface area contributed by atoms with Crippen LogP contribution in [0.5, 0.6) is 0 Å². The van der Waals surface area contributed by atoms with Gasteiger partial charge in [0.1, 0.15) is 4.83 Å². The van der Waals surface area contributed by atoms with Gasteiger partial charge in [-0.05, 0) is 38.2 Å². The van der Waals surface area contributed by atoms with Crippen LogP contribution in [0.2, 0.25) is 0 Å². The molecule has 4 rings (SSSR count). The molecule has 18 heavy (non-hydrogen) atoms. The van der Waals surface area contributed by atoms with E-state index < -0.39 is 0 Å². The molecule has 1 atom stereocenters. The first-order chi connectivity index (χ1) is 8.75. The lowest BCUT2D eigenvalue weighted by Crippen LogP contribution is -2.23. The van der Waals surface area contributed by atoms with Crippen LogP contribution in [-0.2, 0) is 12.8 Å². The number of nitrogens with zero attached hydrogens (tertiary/aromatic N) is 2. The molecule has 5 heteroatoms. The fourth-order valence-electron chi connectivity index (χ4n) is 2.96. The summed E-state index contributed by atoms with van der Waals surface area (Å²) in [6.45, 7) is 2.11. The first-order valence-corrected chi connectivity index (χ1v) is 8.25. The highest BCUT2D eigenvalue weighted by Gasteiger charge is 2.27. The molecule has 2 aliphatic rings. The zero-order valence-corrected chi connectivity index (χ0v) is 11.9. The van der Waals surface area contributed by atoms with Gasteiger partial charge in [-0.2, -0.15) is 0 Å². The fourth-order valence-corrected chi connectivity index (χ4v) is 5.37. The molecule has 0 amide bonds. The summed E-state index contributed by atoms with van der Waals surface area (Å²) < 4.78 is 1.90. The summed E-state index contributed by atoms with van der Waals surface area (Å²) in [4.78, 5) is 19.8. The van der Waals surface area contributed by atoms with Crippen LogP contribution in [-0.4, -0.2) is 15.3 Å². The number of aromatic nitrogens is 2. The molecule has 0 fully saturated rings. The molecule has 1 aliphatic heterocycles. The summed E-state index contributed by atoms with van der Waals surface area (Å²) in [5, 5.41) is 1.84. The zero-order valence-electron chi connectivity index (χ0n) is 10.2. The van der Waals surface area contributed by atoms with Crippen molar-refractivity contribution in [1.29, 1.82) is 0 Å². The zero-order chi connectivity index (χ0) is 12.3. The van der Waals surface area contributed by atoms with Gasteiger partial charge in [-0.1, -0.05) is 11.8 Å². The maximum atomic E-state index is 12.7. The summed E-state index contributed by atoms with van der Waals surface area (Å²) in [5.74, 6) is 0.974. The minimum absolute atomic E-state index is 0.201. The van der Waals surface area contributed by atoms with Crippen LogP contribution in [0.3, 0.4) is 0 Å². The van der Waals surface area contributed by atoms with Crippen molar-refractivity contribution >= 4 is 33.3 Å². The molecule has 0 saturated heterocycles. The van der Waals surface area contributed by atoms with Gasteiger partial charge in [-0.15, -0.1) is 11.3 Å². The van der Waals surface area contributed by atoms with E-state index in [2.05, 4.69) is 6.92 Å². The van der Waals surface area contributed by atoms with Crippen LogP contribution < -0.4 is 5.56 Å². The standard InChI is InChI=1S/C13H14N2OS2/c1-7-6-17-13-14-11-10(12(16)15(7)13)8-4-2-3-5-9(8)18-11/h7H,2-6H2,1H3/t7-/m1/s1. The molecule has 1 aliphatic carbocycles. The van der Waals surface area contributed by atoms with E-state index in [9.17, 15) is 4.79 Å². The fraction of sp³-hybridized carbons (Fsp3) is 0.538. The van der Waals surface area contributed by atoms with Gasteiger partial charge in [0.2, 0.25) is 0 Å². The van der Waals surface area contributed by atoms with Crippen LogP contribution in [0.4, 0.5) is 0 Å². The van der Waals surface area contributed by atoms with E-state index in [1.54, 1.807) is 23.1 Å². The normalized spacial score (nSPS) is 22.2. The summed E-state index contributed by atoms with van der Waals surface area (Å²) in [6.07, 6.45) is 4.66. The Hall–Kier alpha value is -0.810. The second-order valence-corrected chi connectivity index (χ2v) is 7.19. The molecule has 3 heterocycles. The first kappa shape index (κ1) is 11.1. The average molecular weight is 278 g/mol. The Morgan fingerprint density at radius 1 is 1.33 bits per heavy atom. The minimum Gasteiger partial charge on any atom is -0.283 e. The van der Waals surface area contributed by atoms with E-state index in [1.165, 1.54) is 23.3 Å². The Balaban J connectivity index is 2.10. The molecule has 0 bridgehead atoms. The van der Waals surface area contributed by atoms with Crippen molar-refractivity contribution in [3.63, 3.8) is 0 Å². The first-order valence-electron chi connectivity index (χ1n) is 6.45. The SMILES string of the molecule is C[C@@H]1CSc2nc3sc4c(c3c(=O)n21)CCCC4. The summed E-state index contributed by atoms with van der Waals surface area (Å²) in [7, 11) is 0. The molecule has 2 aromatic heterocycles. The van der Waals surface area contributed by atoms with Gasteiger partial charge in [0.25, 0.3) is 5.56 Å². The number of hydrogen-bond acceptors (Lipinski definition) is 4. The molecule has 0 spiro atoms. The number of thiophene rings is 1. The molecular weight excluding hydrogens is 264 g/mol. The lowest BCUT2D eigenvalue weighted by Gasteiger charge is -2.11. The van der Waals surface area contributed by atoms with Gasteiger partial charge in [-0.25, -0.2) is 4.98 Å². The molecule has 2 aromatic rings. The summed E-state index contributed by atoms with van der Waals surface area (Å²) in [6, 6.07) is 0.286. The van der Waals surface area contributed by atoms with Gasteiger partial charge in [0.05, 0.1) is 5.39 Å². The molecule has 0 N–H and O–H groups in total. The number of thioether (sulfide) groups is 1. The number of hydrogen-bond donors (Lipinski definition) is 0. The Bertz CT molecular complexity index is 701. The van der Waals surface area contributed by atoms with E-state index in [0.29, 0.717) is 0 Å². The molecule has 0 aromatic carbocycles. The maximum Gasteiger partial charge on any atom is 0.263 e.